The minimum absolute atomic E-state index is 0. The van der Waals surface area contributed by atoms with Gasteiger partial charge >= 0.3 is 0 Å². The summed E-state index contributed by atoms with van der Waals surface area (Å²) in [5, 5.41) is 11.3. The van der Waals surface area contributed by atoms with Crippen LogP contribution in [0, 0.1) is 12.3 Å². The molecule has 8 nitrogen and oxygen atoms in total. The van der Waals surface area contributed by atoms with E-state index in [2.05, 4.69) is 16.8 Å². The Kier molecular flexibility index (Phi) is 9.50. The number of aliphatic hydroxyl groups excluding tert-OH is 1. The lowest BCUT2D eigenvalue weighted by Gasteiger charge is -2.42. The molecule has 3 N–H and O–H groups in total. The highest BCUT2D eigenvalue weighted by Gasteiger charge is 2.47. The van der Waals surface area contributed by atoms with Gasteiger partial charge in [-0.1, -0.05) is 23.4 Å². The molecule has 0 amide bonds. The lowest BCUT2D eigenvalue weighted by atomic mass is 9.73. The first-order valence-corrected chi connectivity index (χ1v) is 12.7. The first-order valence-electron chi connectivity index (χ1n) is 11.5. The quantitative estimate of drug-likeness (QED) is 0.549. The zero-order valence-corrected chi connectivity index (χ0v) is 23.5. The van der Waals surface area contributed by atoms with Gasteiger partial charge in [0.25, 0.3) is 0 Å². The predicted molar refractivity (Wildman–Crippen MR) is 148 cm³/mol. The summed E-state index contributed by atoms with van der Waals surface area (Å²) in [6.45, 7) is 6.15. The topological polar surface area (TPSA) is 107 Å². The van der Waals surface area contributed by atoms with Gasteiger partial charge in [-0.05, 0) is 45.6 Å². The van der Waals surface area contributed by atoms with Crippen LogP contribution in [0.3, 0.4) is 0 Å². The van der Waals surface area contributed by atoms with Crippen LogP contribution in [0.25, 0.3) is 0 Å². The second-order valence-electron chi connectivity index (χ2n) is 9.28. The summed E-state index contributed by atoms with van der Waals surface area (Å²) in [5.41, 5.74) is 7.85. The molecular weight excluding hydrogens is 526 g/mol. The molecule has 0 aromatic carbocycles. The first kappa shape index (κ1) is 28.6. The fourth-order valence-electron chi connectivity index (χ4n) is 4.63. The van der Waals surface area contributed by atoms with Gasteiger partial charge < -0.3 is 25.2 Å². The number of aryl methyl sites for hydroxylation is 1. The second kappa shape index (κ2) is 11.6. The van der Waals surface area contributed by atoms with Gasteiger partial charge in [-0.15, -0.1) is 0 Å². The van der Waals surface area contributed by atoms with Crippen molar-refractivity contribution < 1.29 is 14.6 Å². The molecule has 194 valence electrons. The zero-order chi connectivity index (χ0) is 23.2. The molecule has 5 rings (SSSR count). The average Bonchev–Trinajstić information content (AvgIpc) is 3.60. The highest BCUT2D eigenvalue weighted by Crippen LogP contribution is 2.43. The highest BCUT2D eigenvalue weighted by atomic mass is 35.5. The van der Waals surface area contributed by atoms with Crippen LogP contribution < -0.4 is 15.4 Å². The molecule has 2 atom stereocenters. The first-order chi connectivity index (χ1) is 15.9. The molecule has 2 aromatic heterocycles. The number of ether oxygens (including phenoxy) is 2. The van der Waals surface area contributed by atoms with E-state index in [9.17, 15) is 5.11 Å². The van der Waals surface area contributed by atoms with Gasteiger partial charge in [0, 0.05) is 35.6 Å². The van der Waals surface area contributed by atoms with Crippen LogP contribution in [0.4, 0.5) is 5.82 Å². The van der Waals surface area contributed by atoms with Gasteiger partial charge in [0.1, 0.15) is 21.8 Å². The van der Waals surface area contributed by atoms with E-state index in [1.165, 1.54) is 11.8 Å². The summed E-state index contributed by atoms with van der Waals surface area (Å²) < 4.78 is 11.6. The van der Waals surface area contributed by atoms with Crippen LogP contribution >= 0.6 is 50.4 Å². The monoisotopic (exact) mass is 559 g/mol. The van der Waals surface area contributed by atoms with Gasteiger partial charge in [0.05, 0.1) is 25.0 Å². The molecule has 1 spiro atoms. The molecule has 2 aliphatic heterocycles. The summed E-state index contributed by atoms with van der Waals surface area (Å²) in [5.74, 6) is 1.20. The van der Waals surface area contributed by atoms with E-state index in [1.54, 1.807) is 6.20 Å². The molecule has 12 heteroatoms. The Morgan fingerprint density at radius 1 is 1.29 bits per heavy atom. The Morgan fingerprint density at radius 3 is 2.60 bits per heavy atom. The van der Waals surface area contributed by atoms with Crippen molar-refractivity contribution in [1.82, 2.24) is 15.0 Å². The van der Waals surface area contributed by atoms with E-state index in [1.807, 2.05) is 13.0 Å². The summed E-state index contributed by atoms with van der Waals surface area (Å²) in [4.78, 5) is 16.9. The van der Waals surface area contributed by atoms with Crippen LogP contribution in [0.2, 0.25) is 5.02 Å². The van der Waals surface area contributed by atoms with Crippen molar-refractivity contribution in [1.29, 1.82) is 0 Å². The molecule has 3 aliphatic rings. The van der Waals surface area contributed by atoms with Gasteiger partial charge in [0.2, 0.25) is 5.88 Å². The molecule has 35 heavy (non-hydrogen) atoms. The SMILES string of the molecule is Cc1nc(N2CCC3(CC2)CO[C@@H](C)[C@H]3N)c(CO)nc1Sc1ccnc(OC2CC2)c1Cl.S.S. The number of piperidine rings is 1. The molecule has 1 aliphatic carbocycles. The van der Waals surface area contributed by atoms with Crippen molar-refractivity contribution in [2.45, 2.75) is 74.3 Å². The van der Waals surface area contributed by atoms with Gasteiger partial charge in [-0.25, -0.2) is 15.0 Å². The van der Waals surface area contributed by atoms with Crippen LogP contribution in [0.1, 0.15) is 44.0 Å². The maximum absolute atomic E-state index is 10.1. The molecule has 3 fully saturated rings. The fraction of sp³-hybridized carbons (Fsp3) is 0.609. The van der Waals surface area contributed by atoms with E-state index in [4.69, 9.17) is 36.8 Å². The molecular formula is C23H34ClN5O3S3. The molecule has 0 radical (unpaired) electrons. The van der Waals surface area contributed by atoms with Crippen LogP contribution in [-0.2, 0) is 11.3 Å². The van der Waals surface area contributed by atoms with Gasteiger partial charge in [-0.2, -0.15) is 27.0 Å². The standard InChI is InChI=1S/C23H30ClN5O3S.2H2S/c1-13-22(33-17-5-8-26-21(18(17)24)32-15-3-4-15)28-16(11-30)20(27-13)29-9-6-23(7-10-29)12-31-14(2)19(23)25;;/h5,8,14-15,19,30H,3-4,6-7,9-12,25H2,1-2H3;2*1H2/t14-,19+;;/m0../s1. The van der Waals surface area contributed by atoms with Crippen molar-refractivity contribution >= 4 is 56.2 Å². The van der Waals surface area contributed by atoms with Gasteiger partial charge in [-0.3, -0.25) is 0 Å². The van der Waals surface area contributed by atoms with Crippen LogP contribution in [0.5, 0.6) is 5.88 Å². The van der Waals surface area contributed by atoms with Crippen molar-refractivity contribution in [2.24, 2.45) is 11.1 Å². The maximum Gasteiger partial charge on any atom is 0.234 e. The number of hydrogen-bond acceptors (Lipinski definition) is 9. The van der Waals surface area contributed by atoms with E-state index in [0.29, 0.717) is 21.6 Å². The van der Waals surface area contributed by atoms with E-state index < -0.39 is 0 Å². The normalized spacial score (nSPS) is 23.1. The fourth-order valence-corrected chi connectivity index (χ4v) is 5.77. The number of pyridine rings is 1. The van der Waals surface area contributed by atoms with E-state index in [0.717, 1.165) is 61.8 Å². The molecule has 4 heterocycles. The van der Waals surface area contributed by atoms with E-state index in [-0.39, 0.29) is 57.3 Å². The van der Waals surface area contributed by atoms with Crippen molar-refractivity contribution in [3.05, 3.63) is 28.7 Å². The molecule has 1 saturated carbocycles. The Morgan fingerprint density at radius 2 is 2.00 bits per heavy atom. The number of aliphatic hydroxyl groups is 1. The summed E-state index contributed by atoms with van der Waals surface area (Å²) in [6.07, 6.45) is 5.96. The number of hydrogen-bond donors (Lipinski definition) is 2. The molecule has 2 aromatic rings. The number of nitrogens with zero attached hydrogens (tertiary/aromatic N) is 4. The third-order valence-corrected chi connectivity index (χ3v) is 8.58. The van der Waals surface area contributed by atoms with Crippen molar-refractivity contribution in [3.63, 3.8) is 0 Å². The number of anilines is 1. The average molecular weight is 560 g/mol. The number of rotatable bonds is 6. The van der Waals surface area contributed by atoms with Crippen LogP contribution in [-0.4, -0.2) is 58.0 Å². The number of nitrogens with two attached hydrogens (primary N) is 1. The maximum atomic E-state index is 10.1. The largest absolute Gasteiger partial charge is 0.473 e. The lowest BCUT2D eigenvalue weighted by molar-refractivity contribution is 0.0973. The third-order valence-electron chi connectivity index (χ3n) is 6.96. The smallest absolute Gasteiger partial charge is 0.234 e. The minimum atomic E-state index is -0.183. The van der Waals surface area contributed by atoms with Crippen LogP contribution in [0.15, 0.2) is 22.2 Å². The Balaban J connectivity index is 0.00000171. The Hall–Kier alpha value is -0.950. The zero-order valence-electron chi connectivity index (χ0n) is 20.0. The molecule has 0 bridgehead atoms. The minimum Gasteiger partial charge on any atom is -0.473 e. The van der Waals surface area contributed by atoms with E-state index >= 15 is 0 Å². The second-order valence-corrected chi connectivity index (χ2v) is 10.7. The predicted octanol–water partition coefficient (Wildman–Crippen LogP) is 3.58. The summed E-state index contributed by atoms with van der Waals surface area (Å²) in [6, 6.07) is 1.90. The Bertz CT molecular complexity index is 1040. The van der Waals surface area contributed by atoms with Crippen molar-refractivity contribution in [3.8, 4) is 5.88 Å². The number of aromatic nitrogens is 3. The molecule has 2 saturated heterocycles. The molecule has 0 unspecified atom stereocenters. The summed E-state index contributed by atoms with van der Waals surface area (Å²) >= 11 is 7.97. The lowest BCUT2D eigenvalue weighted by Crippen LogP contribution is -2.51. The van der Waals surface area contributed by atoms with Crippen molar-refractivity contribution in [2.75, 3.05) is 24.6 Å². The van der Waals surface area contributed by atoms with Gasteiger partial charge in [0.15, 0.2) is 5.82 Å². The highest BCUT2D eigenvalue weighted by molar-refractivity contribution is 7.99. The number of halogens is 1. The Labute approximate surface area is 229 Å². The summed E-state index contributed by atoms with van der Waals surface area (Å²) in [7, 11) is 0. The third kappa shape index (κ3) is 5.81.